The van der Waals surface area contributed by atoms with Gasteiger partial charge in [-0.1, -0.05) is 0 Å². The predicted octanol–water partition coefficient (Wildman–Crippen LogP) is 0.779. The second kappa shape index (κ2) is 6.06. The van der Waals surface area contributed by atoms with E-state index in [4.69, 9.17) is 5.11 Å². The van der Waals surface area contributed by atoms with E-state index in [1.54, 1.807) is 0 Å². The highest BCUT2D eigenvalue weighted by Crippen LogP contribution is 2.19. The fourth-order valence-electron chi connectivity index (χ4n) is 1.10. The van der Waals surface area contributed by atoms with Crippen molar-refractivity contribution in [3.05, 3.63) is 11.2 Å². The molecule has 0 aliphatic heterocycles. The molecule has 0 spiro atoms. The van der Waals surface area contributed by atoms with Crippen LogP contribution in [-0.2, 0) is 4.79 Å². The number of hydrogen-bond acceptors (Lipinski definition) is 5. The third kappa shape index (κ3) is 3.50. The molecule has 0 saturated carbocycles. The van der Waals surface area contributed by atoms with E-state index >= 15 is 0 Å². The van der Waals surface area contributed by atoms with E-state index in [0.717, 1.165) is 0 Å². The summed E-state index contributed by atoms with van der Waals surface area (Å²) in [6, 6.07) is 0. The number of carboxylic acid groups (broad SMARTS) is 1. The van der Waals surface area contributed by atoms with Crippen LogP contribution in [0.3, 0.4) is 0 Å². The van der Waals surface area contributed by atoms with Crippen LogP contribution in [0.25, 0.3) is 0 Å². The van der Waals surface area contributed by atoms with Gasteiger partial charge in [-0.15, -0.1) is 11.3 Å². The normalized spacial score (nSPS) is 9.81. The van der Waals surface area contributed by atoms with E-state index in [0.29, 0.717) is 24.5 Å². The number of carbonyl (C=O) groups is 2. The Morgan fingerprint density at radius 2 is 2.31 bits per heavy atom. The lowest BCUT2D eigenvalue weighted by Crippen LogP contribution is -2.24. The van der Waals surface area contributed by atoms with E-state index < -0.39 is 5.97 Å². The zero-order valence-electron chi connectivity index (χ0n) is 8.82. The number of carboxylic acids is 1. The van der Waals surface area contributed by atoms with E-state index in [2.05, 4.69) is 15.6 Å². The van der Waals surface area contributed by atoms with E-state index in [1.165, 1.54) is 16.8 Å². The van der Waals surface area contributed by atoms with E-state index in [1.807, 2.05) is 6.92 Å². The quantitative estimate of drug-likeness (QED) is 0.686. The lowest BCUT2D eigenvalue weighted by atomic mass is 10.4. The van der Waals surface area contributed by atoms with Gasteiger partial charge in [0.25, 0.3) is 0 Å². The summed E-state index contributed by atoms with van der Waals surface area (Å²) in [4.78, 5) is 25.5. The molecule has 1 aromatic heterocycles. The minimum Gasteiger partial charge on any atom is -0.476 e. The first-order chi connectivity index (χ1) is 7.65. The zero-order valence-corrected chi connectivity index (χ0v) is 9.63. The zero-order chi connectivity index (χ0) is 12.0. The van der Waals surface area contributed by atoms with Crippen LogP contribution in [0.15, 0.2) is 5.51 Å². The van der Waals surface area contributed by atoms with Crippen molar-refractivity contribution in [3.63, 3.8) is 0 Å². The maximum absolute atomic E-state index is 11.1. The maximum Gasteiger partial charge on any atom is 0.357 e. The predicted molar refractivity (Wildman–Crippen MR) is 60.9 cm³/mol. The van der Waals surface area contributed by atoms with Crippen molar-refractivity contribution in [3.8, 4) is 0 Å². The summed E-state index contributed by atoms with van der Waals surface area (Å²) in [6.45, 7) is 2.84. The molecule has 1 amide bonds. The Labute approximate surface area is 96.7 Å². The lowest BCUT2D eigenvalue weighted by Gasteiger charge is -2.04. The van der Waals surface area contributed by atoms with Crippen LogP contribution in [0.5, 0.6) is 0 Å². The second-order valence-electron chi connectivity index (χ2n) is 2.97. The highest BCUT2D eigenvalue weighted by molar-refractivity contribution is 7.14. The molecular formula is C9H13N3O3S. The molecule has 1 heterocycles. The molecule has 7 heteroatoms. The van der Waals surface area contributed by atoms with Gasteiger partial charge < -0.3 is 15.7 Å². The molecule has 0 fully saturated rings. The molecule has 3 N–H and O–H groups in total. The summed E-state index contributed by atoms with van der Waals surface area (Å²) in [5, 5.41) is 14.8. The van der Waals surface area contributed by atoms with Crippen molar-refractivity contribution in [1.82, 2.24) is 10.3 Å². The van der Waals surface area contributed by atoms with Crippen LogP contribution in [0.4, 0.5) is 5.00 Å². The highest BCUT2D eigenvalue weighted by atomic mass is 32.1. The minimum absolute atomic E-state index is 0.000833. The molecule has 88 valence electrons. The number of aromatic carboxylic acids is 1. The Morgan fingerprint density at radius 1 is 1.56 bits per heavy atom. The molecule has 1 rings (SSSR count). The van der Waals surface area contributed by atoms with E-state index in [-0.39, 0.29) is 11.6 Å². The first kappa shape index (κ1) is 12.4. The summed E-state index contributed by atoms with van der Waals surface area (Å²) in [5.41, 5.74) is 1.46. The van der Waals surface area contributed by atoms with Gasteiger partial charge in [-0.05, 0) is 6.92 Å². The SMILES string of the molecule is CCNC(=O)CCNc1scnc1C(=O)O. The molecule has 0 bridgehead atoms. The number of nitrogens with one attached hydrogen (secondary N) is 2. The molecule has 0 aliphatic carbocycles. The van der Waals surface area contributed by atoms with E-state index in [9.17, 15) is 9.59 Å². The van der Waals surface area contributed by atoms with Crippen LogP contribution in [0, 0.1) is 0 Å². The topological polar surface area (TPSA) is 91.3 Å². The van der Waals surface area contributed by atoms with Crippen LogP contribution < -0.4 is 10.6 Å². The number of aromatic nitrogens is 1. The fraction of sp³-hybridized carbons (Fsp3) is 0.444. The largest absolute Gasteiger partial charge is 0.476 e. The number of anilines is 1. The Bertz CT molecular complexity index is 378. The molecule has 0 aliphatic rings. The van der Waals surface area contributed by atoms with Crippen molar-refractivity contribution in [1.29, 1.82) is 0 Å². The summed E-state index contributed by atoms with van der Waals surface area (Å²) >= 11 is 1.21. The summed E-state index contributed by atoms with van der Waals surface area (Å²) < 4.78 is 0. The summed E-state index contributed by atoms with van der Waals surface area (Å²) in [7, 11) is 0. The molecule has 0 radical (unpaired) electrons. The van der Waals surface area contributed by atoms with Gasteiger partial charge in [0.15, 0.2) is 5.69 Å². The van der Waals surface area contributed by atoms with Gasteiger partial charge in [0.1, 0.15) is 5.00 Å². The van der Waals surface area contributed by atoms with Gasteiger partial charge in [0, 0.05) is 19.5 Å². The Hall–Kier alpha value is -1.63. The molecule has 0 atom stereocenters. The van der Waals surface area contributed by atoms with Crippen molar-refractivity contribution >= 4 is 28.2 Å². The van der Waals surface area contributed by atoms with Crippen LogP contribution >= 0.6 is 11.3 Å². The standard InChI is InChI=1S/C9H13N3O3S/c1-2-10-6(13)3-4-11-8-7(9(14)15)12-5-16-8/h5,11H,2-4H2,1H3,(H,10,13)(H,14,15). The fourth-order valence-corrected chi connectivity index (χ4v) is 1.80. The second-order valence-corrected chi connectivity index (χ2v) is 3.82. The molecule has 0 unspecified atom stereocenters. The van der Waals surface area contributed by atoms with Gasteiger partial charge in [0.05, 0.1) is 5.51 Å². The van der Waals surface area contributed by atoms with Crippen LogP contribution in [0.2, 0.25) is 0 Å². The van der Waals surface area contributed by atoms with Gasteiger partial charge >= 0.3 is 5.97 Å². The number of carbonyl (C=O) groups excluding carboxylic acids is 1. The third-order valence-corrected chi connectivity index (χ3v) is 2.57. The summed E-state index contributed by atoms with van der Waals surface area (Å²) in [5.74, 6) is -1.13. The van der Waals surface area contributed by atoms with Gasteiger partial charge in [-0.3, -0.25) is 4.79 Å². The molecular weight excluding hydrogens is 230 g/mol. The first-order valence-electron chi connectivity index (χ1n) is 4.82. The van der Waals surface area contributed by atoms with Crippen molar-refractivity contribution in [2.45, 2.75) is 13.3 Å². The summed E-state index contributed by atoms with van der Waals surface area (Å²) in [6.07, 6.45) is 0.310. The average molecular weight is 243 g/mol. The third-order valence-electron chi connectivity index (χ3n) is 1.78. The van der Waals surface area contributed by atoms with Crippen molar-refractivity contribution in [2.24, 2.45) is 0 Å². The van der Waals surface area contributed by atoms with Crippen LogP contribution in [0.1, 0.15) is 23.8 Å². The van der Waals surface area contributed by atoms with Gasteiger partial charge in [-0.25, -0.2) is 9.78 Å². The van der Waals surface area contributed by atoms with Crippen LogP contribution in [-0.4, -0.2) is 35.1 Å². The van der Waals surface area contributed by atoms with Gasteiger partial charge in [-0.2, -0.15) is 0 Å². The molecule has 1 aromatic rings. The highest BCUT2D eigenvalue weighted by Gasteiger charge is 2.12. The van der Waals surface area contributed by atoms with Crippen molar-refractivity contribution in [2.75, 3.05) is 18.4 Å². The number of amides is 1. The molecule has 0 saturated heterocycles. The molecule has 16 heavy (non-hydrogen) atoms. The lowest BCUT2D eigenvalue weighted by molar-refractivity contribution is -0.120. The Balaban J connectivity index is 2.40. The first-order valence-corrected chi connectivity index (χ1v) is 5.70. The van der Waals surface area contributed by atoms with Gasteiger partial charge in [0.2, 0.25) is 5.91 Å². The number of hydrogen-bond donors (Lipinski definition) is 3. The number of thiazole rings is 1. The maximum atomic E-state index is 11.1. The Morgan fingerprint density at radius 3 is 2.94 bits per heavy atom. The number of nitrogens with zero attached hydrogens (tertiary/aromatic N) is 1. The minimum atomic E-state index is -1.07. The monoisotopic (exact) mass is 243 g/mol. The van der Waals surface area contributed by atoms with Crippen molar-refractivity contribution < 1.29 is 14.7 Å². The Kier molecular flexibility index (Phi) is 4.71. The molecule has 0 aromatic carbocycles. The average Bonchev–Trinajstić information content (AvgIpc) is 2.66. The molecule has 6 nitrogen and oxygen atoms in total. The smallest absolute Gasteiger partial charge is 0.357 e. The number of rotatable bonds is 6.